The molecule has 0 aromatic heterocycles. The highest BCUT2D eigenvalue weighted by Crippen LogP contribution is 2.19. The van der Waals surface area contributed by atoms with E-state index in [0.717, 1.165) is 44.8 Å². The third-order valence-electron chi connectivity index (χ3n) is 6.10. The minimum atomic E-state index is -0.220. The molecule has 2 heterocycles. The number of nitrogens with zero attached hydrogens (tertiary/aromatic N) is 4. The van der Waals surface area contributed by atoms with E-state index in [4.69, 9.17) is 5.73 Å². The van der Waals surface area contributed by atoms with Gasteiger partial charge < -0.3 is 20.4 Å². The van der Waals surface area contributed by atoms with Crippen molar-refractivity contribution in [2.75, 3.05) is 44.2 Å². The van der Waals surface area contributed by atoms with Crippen LogP contribution in [0.4, 0.5) is 10.1 Å². The number of anilines is 1. The van der Waals surface area contributed by atoms with Crippen LogP contribution in [0.15, 0.2) is 53.5 Å². The van der Waals surface area contributed by atoms with Gasteiger partial charge in [-0.05, 0) is 48.2 Å². The SMILES string of the molecule is I.NC(=NCCCC(=O)N1CCc2ccccc2C1)N1CCN(c2ccc(F)cc2)CC1. The number of hydrogen-bond acceptors (Lipinski definition) is 3. The Morgan fingerprint density at radius 2 is 1.62 bits per heavy atom. The number of carbonyl (C=O) groups excluding carboxylic acids is 1. The number of carbonyl (C=O) groups is 1. The summed E-state index contributed by atoms with van der Waals surface area (Å²) in [6.07, 6.45) is 2.13. The molecule has 1 saturated heterocycles. The van der Waals surface area contributed by atoms with E-state index < -0.39 is 0 Å². The number of fused-ring (bicyclic) bond motifs is 1. The van der Waals surface area contributed by atoms with E-state index in [0.29, 0.717) is 31.9 Å². The molecule has 32 heavy (non-hydrogen) atoms. The third-order valence-corrected chi connectivity index (χ3v) is 6.10. The van der Waals surface area contributed by atoms with E-state index in [1.807, 2.05) is 11.0 Å². The molecular weight excluding hydrogens is 520 g/mol. The summed E-state index contributed by atoms with van der Waals surface area (Å²) in [6.45, 7) is 5.24. The van der Waals surface area contributed by atoms with E-state index in [2.05, 4.69) is 33.0 Å². The highest BCUT2D eigenvalue weighted by Gasteiger charge is 2.20. The number of piperazine rings is 1. The average molecular weight is 551 g/mol. The Balaban J connectivity index is 0.00000289. The number of guanidine groups is 1. The van der Waals surface area contributed by atoms with Crippen LogP contribution in [0.2, 0.25) is 0 Å². The molecule has 0 radical (unpaired) electrons. The summed E-state index contributed by atoms with van der Waals surface area (Å²) in [7, 11) is 0. The Morgan fingerprint density at radius 1 is 0.938 bits per heavy atom. The first-order chi connectivity index (χ1) is 15.1. The van der Waals surface area contributed by atoms with Crippen molar-refractivity contribution in [1.29, 1.82) is 0 Å². The van der Waals surface area contributed by atoms with Crippen LogP contribution in [0, 0.1) is 5.82 Å². The van der Waals surface area contributed by atoms with Crippen LogP contribution in [0.25, 0.3) is 0 Å². The molecule has 4 rings (SSSR count). The predicted molar refractivity (Wildman–Crippen MR) is 137 cm³/mol. The summed E-state index contributed by atoms with van der Waals surface area (Å²) in [5, 5.41) is 0. The maximum atomic E-state index is 13.1. The summed E-state index contributed by atoms with van der Waals surface area (Å²) in [5.74, 6) is 0.511. The van der Waals surface area contributed by atoms with E-state index in [9.17, 15) is 9.18 Å². The largest absolute Gasteiger partial charge is 0.370 e. The molecule has 2 aromatic rings. The van der Waals surface area contributed by atoms with Crippen molar-refractivity contribution in [2.45, 2.75) is 25.8 Å². The fourth-order valence-electron chi connectivity index (χ4n) is 4.24. The molecule has 8 heteroatoms. The summed E-state index contributed by atoms with van der Waals surface area (Å²) in [4.78, 5) is 23.3. The monoisotopic (exact) mass is 551 g/mol. The predicted octanol–water partition coefficient (Wildman–Crippen LogP) is 3.25. The fourth-order valence-corrected chi connectivity index (χ4v) is 4.24. The van der Waals surface area contributed by atoms with Crippen LogP contribution >= 0.6 is 24.0 Å². The summed E-state index contributed by atoms with van der Waals surface area (Å²) >= 11 is 0. The molecule has 0 bridgehead atoms. The molecule has 2 aliphatic heterocycles. The smallest absolute Gasteiger partial charge is 0.222 e. The number of rotatable bonds is 5. The topological polar surface area (TPSA) is 65.2 Å². The van der Waals surface area contributed by atoms with Gasteiger partial charge in [0.1, 0.15) is 5.82 Å². The van der Waals surface area contributed by atoms with Crippen molar-refractivity contribution in [3.63, 3.8) is 0 Å². The maximum Gasteiger partial charge on any atom is 0.222 e. The van der Waals surface area contributed by atoms with Gasteiger partial charge in [0, 0.05) is 57.9 Å². The number of amides is 1. The molecule has 2 N–H and O–H groups in total. The second kappa shape index (κ2) is 11.5. The van der Waals surface area contributed by atoms with Crippen molar-refractivity contribution in [2.24, 2.45) is 10.7 Å². The van der Waals surface area contributed by atoms with Crippen molar-refractivity contribution in [1.82, 2.24) is 9.80 Å². The number of hydrogen-bond donors (Lipinski definition) is 1. The van der Waals surface area contributed by atoms with Crippen LogP contribution in [0.3, 0.4) is 0 Å². The molecule has 0 spiro atoms. The van der Waals surface area contributed by atoms with Gasteiger partial charge in [-0.3, -0.25) is 9.79 Å². The molecule has 1 amide bonds. The van der Waals surface area contributed by atoms with Gasteiger partial charge in [-0.1, -0.05) is 24.3 Å². The van der Waals surface area contributed by atoms with Crippen LogP contribution in [-0.2, 0) is 17.8 Å². The first kappa shape index (κ1) is 24.3. The Hall–Kier alpha value is -2.36. The molecule has 1 fully saturated rings. The third kappa shape index (κ3) is 6.11. The first-order valence-corrected chi connectivity index (χ1v) is 11.0. The van der Waals surface area contributed by atoms with Crippen LogP contribution < -0.4 is 10.6 Å². The molecule has 6 nitrogen and oxygen atoms in total. The van der Waals surface area contributed by atoms with Gasteiger partial charge in [-0.15, -0.1) is 24.0 Å². The normalized spacial score (nSPS) is 16.4. The van der Waals surface area contributed by atoms with E-state index in [-0.39, 0.29) is 35.7 Å². The van der Waals surface area contributed by atoms with Gasteiger partial charge in [-0.25, -0.2) is 4.39 Å². The van der Waals surface area contributed by atoms with E-state index >= 15 is 0 Å². The standard InChI is InChI=1S/C24H30FN5O.HI/c25-21-7-9-22(10-8-21)28-14-16-29(17-15-28)24(26)27-12-3-6-23(31)30-13-11-19-4-1-2-5-20(19)18-30;/h1-2,4-5,7-10H,3,6,11-18H2,(H2,26,27);1H. The van der Waals surface area contributed by atoms with E-state index in [1.165, 1.54) is 23.3 Å². The molecule has 0 aliphatic carbocycles. The average Bonchev–Trinajstić information content (AvgIpc) is 2.82. The van der Waals surface area contributed by atoms with Crippen molar-refractivity contribution in [3.05, 3.63) is 65.5 Å². The summed E-state index contributed by atoms with van der Waals surface area (Å²) < 4.78 is 13.1. The van der Waals surface area contributed by atoms with Crippen molar-refractivity contribution in [3.8, 4) is 0 Å². The molecular formula is C24H31FIN5O. The highest BCUT2D eigenvalue weighted by atomic mass is 127. The van der Waals surface area contributed by atoms with Gasteiger partial charge in [0.2, 0.25) is 5.91 Å². The van der Waals surface area contributed by atoms with Gasteiger partial charge in [-0.2, -0.15) is 0 Å². The molecule has 0 unspecified atom stereocenters. The van der Waals surface area contributed by atoms with Crippen LogP contribution in [0.1, 0.15) is 24.0 Å². The minimum Gasteiger partial charge on any atom is -0.370 e. The zero-order valence-corrected chi connectivity index (χ0v) is 20.6. The Kier molecular flexibility index (Phi) is 8.72. The van der Waals surface area contributed by atoms with Crippen molar-refractivity contribution < 1.29 is 9.18 Å². The Labute approximate surface area is 206 Å². The molecule has 2 aromatic carbocycles. The second-order valence-electron chi connectivity index (χ2n) is 8.13. The number of halogens is 2. The number of nitrogens with two attached hydrogens (primary N) is 1. The summed E-state index contributed by atoms with van der Waals surface area (Å²) in [5.41, 5.74) is 9.81. The quantitative estimate of drug-likeness (QED) is 0.268. The van der Waals surface area contributed by atoms with Crippen LogP contribution in [0.5, 0.6) is 0 Å². The lowest BCUT2D eigenvalue weighted by Gasteiger charge is -2.36. The lowest BCUT2D eigenvalue weighted by Crippen LogP contribution is -2.51. The minimum absolute atomic E-state index is 0. The van der Waals surface area contributed by atoms with Crippen molar-refractivity contribution >= 4 is 41.5 Å². The fraction of sp³-hybridized carbons (Fsp3) is 0.417. The number of aliphatic imine (C=N–C) groups is 1. The second-order valence-corrected chi connectivity index (χ2v) is 8.13. The summed E-state index contributed by atoms with van der Waals surface area (Å²) in [6, 6.07) is 14.9. The lowest BCUT2D eigenvalue weighted by atomic mass is 9.99. The zero-order chi connectivity index (χ0) is 21.6. The van der Waals surface area contributed by atoms with E-state index in [1.54, 1.807) is 12.1 Å². The lowest BCUT2D eigenvalue weighted by molar-refractivity contribution is -0.132. The van der Waals surface area contributed by atoms with Crippen LogP contribution in [-0.4, -0.2) is 60.9 Å². The molecule has 172 valence electrons. The van der Waals surface area contributed by atoms with Gasteiger partial charge >= 0.3 is 0 Å². The maximum absolute atomic E-state index is 13.1. The zero-order valence-electron chi connectivity index (χ0n) is 18.3. The van der Waals surface area contributed by atoms with Gasteiger partial charge in [0.25, 0.3) is 0 Å². The molecule has 0 saturated carbocycles. The number of benzene rings is 2. The van der Waals surface area contributed by atoms with Gasteiger partial charge in [0.05, 0.1) is 0 Å². The Morgan fingerprint density at radius 3 is 2.34 bits per heavy atom. The first-order valence-electron chi connectivity index (χ1n) is 11.0. The van der Waals surface area contributed by atoms with Gasteiger partial charge in [0.15, 0.2) is 5.96 Å². The molecule has 2 aliphatic rings. The molecule has 0 atom stereocenters. The Bertz CT molecular complexity index is 928. The highest BCUT2D eigenvalue weighted by molar-refractivity contribution is 14.0.